The first-order valence-corrected chi connectivity index (χ1v) is 11.1. The Morgan fingerprint density at radius 1 is 0.871 bits per heavy atom. The molecule has 0 aliphatic carbocycles. The van der Waals surface area contributed by atoms with Crippen molar-refractivity contribution >= 4 is 33.3 Å². The highest BCUT2D eigenvalue weighted by Gasteiger charge is 2.19. The summed E-state index contributed by atoms with van der Waals surface area (Å²) in [4.78, 5) is 24.4. The molecule has 0 spiro atoms. The predicted molar refractivity (Wildman–Crippen MR) is 119 cm³/mol. The number of carbonyl (C=O) groups is 2. The topological polar surface area (TPSA) is 102 Å². The Morgan fingerprint density at radius 3 is 2.16 bits per heavy atom. The number of esters is 1. The number of hydrogen-bond donors (Lipinski definition) is 2. The first kappa shape index (κ1) is 22.0. The quantitative estimate of drug-likeness (QED) is 0.538. The minimum Gasteiger partial charge on any atom is -0.462 e. The average Bonchev–Trinajstić information content (AvgIpc) is 2.75. The van der Waals surface area contributed by atoms with Crippen LogP contribution in [0.4, 0.5) is 11.4 Å². The summed E-state index contributed by atoms with van der Waals surface area (Å²) in [5.74, 6) is -0.917. The molecule has 0 aliphatic rings. The van der Waals surface area contributed by atoms with E-state index in [0.29, 0.717) is 22.5 Å². The number of rotatable bonds is 7. The lowest BCUT2D eigenvalue weighted by molar-refractivity contribution is 0.0526. The number of sulfonamides is 1. The number of aryl methyl sites for hydroxylation is 1. The molecule has 3 aromatic rings. The van der Waals surface area contributed by atoms with Crippen LogP contribution in [-0.2, 0) is 14.8 Å². The molecule has 0 saturated carbocycles. The molecule has 0 bridgehead atoms. The number of para-hydroxylation sites is 1. The van der Waals surface area contributed by atoms with E-state index >= 15 is 0 Å². The summed E-state index contributed by atoms with van der Waals surface area (Å²) < 4.78 is 33.1. The summed E-state index contributed by atoms with van der Waals surface area (Å²) in [7, 11) is -3.87. The summed E-state index contributed by atoms with van der Waals surface area (Å²) in [6.07, 6.45) is 0. The van der Waals surface area contributed by atoms with Gasteiger partial charge in [-0.05, 0) is 67.9 Å². The lowest BCUT2D eigenvalue weighted by Crippen LogP contribution is -2.17. The second-order valence-electron chi connectivity index (χ2n) is 6.70. The minimum absolute atomic E-state index is 0.0154. The Kier molecular flexibility index (Phi) is 6.71. The van der Waals surface area contributed by atoms with E-state index in [9.17, 15) is 18.0 Å². The lowest BCUT2D eigenvalue weighted by Gasteiger charge is -2.12. The smallest absolute Gasteiger partial charge is 0.338 e. The molecule has 7 nitrogen and oxygen atoms in total. The molecular formula is C23H22N2O5S. The van der Waals surface area contributed by atoms with E-state index in [1.165, 1.54) is 6.07 Å². The van der Waals surface area contributed by atoms with Gasteiger partial charge in [0.25, 0.3) is 15.9 Å². The zero-order valence-electron chi connectivity index (χ0n) is 17.1. The van der Waals surface area contributed by atoms with Crippen LogP contribution >= 0.6 is 0 Å². The summed E-state index contributed by atoms with van der Waals surface area (Å²) in [5, 5.41) is 2.70. The van der Waals surface area contributed by atoms with Gasteiger partial charge in [0.15, 0.2) is 0 Å². The third kappa shape index (κ3) is 5.49. The number of hydrogen-bond acceptors (Lipinski definition) is 5. The average molecular weight is 439 g/mol. The highest BCUT2D eigenvalue weighted by molar-refractivity contribution is 7.92. The molecule has 0 unspecified atom stereocenters. The van der Waals surface area contributed by atoms with E-state index in [4.69, 9.17) is 4.74 Å². The van der Waals surface area contributed by atoms with Crippen LogP contribution in [0, 0.1) is 6.92 Å². The molecule has 0 aromatic heterocycles. The number of anilines is 2. The number of nitrogens with one attached hydrogen (secondary N) is 2. The van der Waals surface area contributed by atoms with Gasteiger partial charge in [-0.25, -0.2) is 13.2 Å². The van der Waals surface area contributed by atoms with E-state index in [0.717, 1.165) is 0 Å². The van der Waals surface area contributed by atoms with Crippen LogP contribution in [0.5, 0.6) is 0 Å². The highest BCUT2D eigenvalue weighted by Crippen LogP contribution is 2.21. The van der Waals surface area contributed by atoms with Gasteiger partial charge >= 0.3 is 5.97 Å². The third-order valence-corrected chi connectivity index (χ3v) is 5.94. The van der Waals surface area contributed by atoms with Gasteiger partial charge in [-0.15, -0.1) is 0 Å². The van der Waals surface area contributed by atoms with Crippen molar-refractivity contribution in [3.63, 3.8) is 0 Å². The molecule has 0 radical (unpaired) electrons. The number of amides is 1. The SMILES string of the molecule is CCOC(=O)c1ccc(NC(=O)c2ccc(C)c(S(=O)(=O)Nc3ccccc3)c2)cc1. The van der Waals surface area contributed by atoms with Crippen LogP contribution in [0.2, 0.25) is 0 Å². The van der Waals surface area contributed by atoms with Gasteiger partial charge in [0.1, 0.15) is 0 Å². The van der Waals surface area contributed by atoms with Crippen molar-refractivity contribution in [2.24, 2.45) is 0 Å². The number of benzene rings is 3. The van der Waals surface area contributed by atoms with Gasteiger partial charge in [-0.2, -0.15) is 0 Å². The maximum atomic E-state index is 12.8. The molecule has 2 N–H and O–H groups in total. The first-order chi connectivity index (χ1) is 14.8. The lowest BCUT2D eigenvalue weighted by atomic mass is 10.1. The van der Waals surface area contributed by atoms with Crippen molar-refractivity contribution in [3.8, 4) is 0 Å². The van der Waals surface area contributed by atoms with Crippen molar-refractivity contribution < 1.29 is 22.7 Å². The van der Waals surface area contributed by atoms with Crippen molar-refractivity contribution in [1.29, 1.82) is 0 Å². The zero-order chi connectivity index (χ0) is 22.4. The Labute approximate surface area is 181 Å². The molecule has 3 aromatic carbocycles. The molecule has 160 valence electrons. The summed E-state index contributed by atoms with van der Waals surface area (Å²) in [5.41, 5.74) is 1.96. The normalized spacial score (nSPS) is 10.9. The molecule has 0 fully saturated rings. The molecular weight excluding hydrogens is 416 g/mol. The molecule has 0 heterocycles. The Hall–Kier alpha value is -3.65. The first-order valence-electron chi connectivity index (χ1n) is 9.57. The summed E-state index contributed by atoms with van der Waals surface area (Å²) >= 11 is 0. The maximum absolute atomic E-state index is 12.8. The van der Waals surface area contributed by atoms with Gasteiger partial charge in [-0.3, -0.25) is 9.52 Å². The van der Waals surface area contributed by atoms with E-state index in [2.05, 4.69) is 10.0 Å². The van der Waals surface area contributed by atoms with Crippen molar-refractivity contribution in [2.45, 2.75) is 18.7 Å². The fourth-order valence-electron chi connectivity index (χ4n) is 2.85. The van der Waals surface area contributed by atoms with E-state index in [1.807, 2.05) is 0 Å². The van der Waals surface area contributed by atoms with Gasteiger partial charge in [0.05, 0.1) is 17.1 Å². The number of carbonyl (C=O) groups excluding carboxylic acids is 2. The van der Waals surface area contributed by atoms with E-state index < -0.39 is 21.9 Å². The molecule has 31 heavy (non-hydrogen) atoms. The van der Waals surface area contributed by atoms with Crippen molar-refractivity contribution in [2.75, 3.05) is 16.6 Å². The molecule has 0 saturated heterocycles. The van der Waals surface area contributed by atoms with Crippen LogP contribution < -0.4 is 10.0 Å². The van der Waals surface area contributed by atoms with Crippen LogP contribution in [0.25, 0.3) is 0 Å². The highest BCUT2D eigenvalue weighted by atomic mass is 32.2. The van der Waals surface area contributed by atoms with E-state index in [-0.39, 0.29) is 17.1 Å². The molecule has 0 atom stereocenters. The summed E-state index contributed by atoms with van der Waals surface area (Å²) in [6, 6.07) is 19.2. The fraction of sp³-hybridized carbons (Fsp3) is 0.130. The van der Waals surface area contributed by atoms with Crippen LogP contribution in [-0.4, -0.2) is 26.9 Å². The number of ether oxygens (including phenoxy) is 1. The molecule has 0 aliphatic heterocycles. The second kappa shape index (κ2) is 9.44. The third-order valence-electron chi connectivity index (χ3n) is 4.42. The summed E-state index contributed by atoms with van der Waals surface area (Å²) in [6.45, 7) is 3.66. The van der Waals surface area contributed by atoms with Gasteiger partial charge < -0.3 is 10.1 Å². The minimum atomic E-state index is -3.87. The van der Waals surface area contributed by atoms with Crippen LogP contribution in [0.1, 0.15) is 33.2 Å². The van der Waals surface area contributed by atoms with Gasteiger partial charge in [-0.1, -0.05) is 24.3 Å². The standard InChI is InChI=1S/C23H22N2O5S/c1-3-30-23(27)17-11-13-19(14-12-17)24-22(26)18-10-9-16(2)21(15-18)31(28,29)25-20-7-5-4-6-8-20/h4-15,25H,3H2,1-2H3,(H,24,26). The van der Waals surface area contributed by atoms with E-state index in [1.54, 1.807) is 80.6 Å². The van der Waals surface area contributed by atoms with Gasteiger partial charge in [0.2, 0.25) is 0 Å². The zero-order valence-corrected chi connectivity index (χ0v) is 17.9. The largest absolute Gasteiger partial charge is 0.462 e. The van der Waals surface area contributed by atoms with Crippen LogP contribution in [0.3, 0.4) is 0 Å². The molecule has 1 amide bonds. The maximum Gasteiger partial charge on any atom is 0.338 e. The molecule has 8 heteroatoms. The predicted octanol–water partition coefficient (Wildman–Crippen LogP) is 4.22. The van der Waals surface area contributed by atoms with Crippen molar-refractivity contribution in [1.82, 2.24) is 0 Å². The second-order valence-corrected chi connectivity index (χ2v) is 8.35. The van der Waals surface area contributed by atoms with Crippen molar-refractivity contribution in [3.05, 3.63) is 89.5 Å². The Balaban J connectivity index is 1.79. The fourth-order valence-corrected chi connectivity index (χ4v) is 4.18. The monoisotopic (exact) mass is 438 g/mol. The Bertz CT molecular complexity index is 1190. The Morgan fingerprint density at radius 2 is 1.52 bits per heavy atom. The molecule has 3 rings (SSSR count). The van der Waals surface area contributed by atoms with Crippen LogP contribution in [0.15, 0.2) is 77.7 Å². The van der Waals surface area contributed by atoms with Gasteiger partial charge in [0, 0.05) is 16.9 Å².